The molecule has 0 aromatic carbocycles. The zero-order valence-corrected chi connectivity index (χ0v) is 8.51. The van der Waals surface area contributed by atoms with Gasteiger partial charge in [-0.15, -0.1) is 0 Å². The van der Waals surface area contributed by atoms with Gasteiger partial charge in [-0.2, -0.15) is 8.75 Å². The molecule has 0 spiro atoms. The molecule has 0 saturated carbocycles. The Kier molecular flexibility index (Phi) is 2.82. The first-order chi connectivity index (χ1) is 5.97. The number of hydrogen-bond acceptors (Lipinski definition) is 5. The molecule has 13 heavy (non-hydrogen) atoms. The minimum atomic E-state index is -0.514. The van der Waals surface area contributed by atoms with Gasteiger partial charge in [-0.3, -0.25) is 5.32 Å². The van der Waals surface area contributed by atoms with Crippen LogP contribution in [-0.4, -0.2) is 20.4 Å². The molecule has 6 heteroatoms. The van der Waals surface area contributed by atoms with Gasteiger partial charge < -0.3 is 4.74 Å². The number of anilines is 1. The fourth-order valence-electron chi connectivity index (χ4n) is 0.628. The van der Waals surface area contributed by atoms with Crippen LogP contribution in [0.1, 0.15) is 20.8 Å². The average molecular weight is 201 g/mol. The molecule has 0 radical (unpaired) electrons. The number of nitrogens with zero attached hydrogens (tertiary/aromatic N) is 2. The second-order valence-electron chi connectivity index (χ2n) is 3.42. The van der Waals surface area contributed by atoms with Gasteiger partial charge >= 0.3 is 6.09 Å². The van der Waals surface area contributed by atoms with E-state index in [1.165, 1.54) is 6.20 Å². The van der Waals surface area contributed by atoms with Crippen molar-refractivity contribution in [3.63, 3.8) is 0 Å². The number of rotatable bonds is 1. The van der Waals surface area contributed by atoms with Crippen LogP contribution in [0.25, 0.3) is 0 Å². The third-order valence-corrected chi connectivity index (χ3v) is 1.47. The van der Waals surface area contributed by atoms with Crippen LogP contribution in [0.15, 0.2) is 6.20 Å². The fourth-order valence-corrected chi connectivity index (χ4v) is 1.00. The summed E-state index contributed by atoms with van der Waals surface area (Å²) in [5.41, 5.74) is -0.493. The fraction of sp³-hybridized carbons (Fsp3) is 0.571. The van der Waals surface area contributed by atoms with Crippen LogP contribution < -0.4 is 5.32 Å². The molecule has 0 fully saturated rings. The maximum atomic E-state index is 11.1. The Morgan fingerprint density at radius 2 is 2.31 bits per heavy atom. The Morgan fingerprint density at radius 1 is 1.62 bits per heavy atom. The van der Waals surface area contributed by atoms with Gasteiger partial charge in [0.2, 0.25) is 0 Å². The molecule has 1 aromatic heterocycles. The molecular formula is C7H11N3O2S. The Hall–Kier alpha value is -1.17. The highest BCUT2D eigenvalue weighted by Gasteiger charge is 2.16. The summed E-state index contributed by atoms with van der Waals surface area (Å²) in [7, 11) is 0. The molecule has 1 rings (SSSR count). The molecule has 0 unspecified atom stereocenters. The molecule has 0 saturated heterocycles. The summed E-state index contributed by atoms with van der Waals surface area (Å²) >= 11 is 1.03. The highest BCUT2D eigenvalue weighted by molar-refractivity contribution is 6.99. The summed E-state index contributed by atoms with van der Waals surface area (Å²) in [6.45, 7) is 5.39. The molecule has 1 N–H and O–H groups in total. The van der Waals surface area contributed by atoms with E-state index in [1.807, 2.05) is 0 Å². The summed E-state index contributed by atoms with van der Waals surface area (Å²) in [6.07, 6.45) is 0.953. The molecular weight excluding hydrogens is 190 g/mol. The van der Waals surface area contributed by atoms with Crippen molar-refractivity contribution in [2.75, 3.05) is 5.32 Å². The minimum Gasteiger partial charge on any atom is -0.444 e. The zero-order chi connectivity index (χ0) is 9.90. The summed E-state index contributed by atoms with van der Waals surface area (Å²) < 4.78 is 12.5. The molecule has 0 bridgehead atoms. The number of aromatic nitrogens is 2. The van der Waals surface area contributed by atoms with Crippen LogP contribution in [0.2, 0.25) is 0 Å². The molecule has 0 aliphatic heterocycles. The molecule has 0 aliphatic rings. The Labute approximate surface area is 80.4 Å². The molecule has 1 aromatic rings. The van der Waals surface area contributed by atoms with Crippen LogP contribution >= 0.6 is 11.7 Å². The van der Waals surface area contributed by atoms with Gasteiger partial charge in [0.15, 0.2) is 5.82 Å². The summed E-state index contributed by atoms with van der Waals surface area (Å²) in [4.78, 5) is 11.1. The lowest BCUT2D eigenvalue weighted by Gasteiger charge is -2.18. The average Bonchev–Trinajstić information content (AvgIpc) is 2.34. The van der Waals surface area contributed by atoms with Crippen molar-refractivity contribution in [3.05, 3.63) is 6.20 Å². The highest BCUT2D eigenvalue weighted by Crippen LogP contribution is 2.09. The third kappa shape index (κ3) is 3.84. The van der Waals surface area contributed by atoms with Gasteiger partial charge in [-0.1, -0.05) is 0 Å². The lowest BCUT2D eigenvalue weighted by molar-refractivity contribution is 0.0635. The summed E-state index contributed by atoms with van der Waals surface area (Å²) in [5.74, 6) is 0.416. The van der Waals surface area contributed by atoms with E-state index in [2.05, 4.69) is 14.1 Å². The van der Waals surface area contributed by atoms with Gasteiger partial charge in [0.1, 0.15) is 5.60 Å². The number of carbonyl (C=O) groups excluding carboxylic acids is 1. The maximum absolute atomic E-state index is 11.1. The van der Waals surface area contributed by atoms with E-state index in [0.717, 1.165) is 11.7 Å². The van der Waals surface area contributed by atoms with Crippen LogP contribution in [0.5, 0.6) is 0 Å². The monoisotopic (exact) mass is 201 g/mol. The van der Waals surface area contributed by atoms with Crippen molar-refractivity contribution in [2.24, 2.45) is 0 Å². The maximum Gasteiger partial charge on any atom is 0.413 e. The van der Waals surface area contributed by atoms with Gasteiger partial charge in [-0.05, 0) is 20.8 Å². The summed E-state index contributed by atoms with van der Waals surface area (Å²) in [5, 5.41) is 2.45. The minimum absolute atomic E-state index is 0.416. The molecule has 1 heterocycles. The normalized spacial score (nSPS) is 11.0. The number of nitrogens with one attached hydrogen (secondary N) is 1. The lowest BCUT2D eigenvalue weighted by Crippen LogP contribution is -2.27. The van der Waals surface area contributed by atoms with Crippen LogP contribution in [0, 0.1) is 0 Å². The van der Waals surface area contributed by atoms with E-state index < -0.39 is 11.7 Å². The van der Waals surface area contributed by atoms with E-state index in [1.54, 1.807) is 20.8 Å². The zero-order valence-electron chi connectivity index (χ0n) is 7.70. The smallest absolute Gasteiger partial charge is 0.413 e. The first-order valence-electron chi connectivity index (χ1n) is 3.75. The molecule has 5 nitrogen and oxygen atoms in total. The number of hydrogen-bond donors (Lipinski definition) is 1. The van der Waals surface area contributed by atoms with Crippen molar-refractivity contribution in [3.8, 4) is 0 Å². The van der Waals surface area contributed by atoms with Crippen LogP contribution in [0.4, 0.5) is 10.6 Å². The van der Waals surface area contributed by atoms with E-state index in [-0.39, 0.29) is 0 Å². The van der Waals surface area contributed by atoms with E-state index in [9.17, 15) is 4.79 Å². The van der Waals surface area contributed by atoms with Crippen molar-refractivity contribution in [2.45, 2.75) is 26.4 Å². The number of ether oxygens (including phenoxy) is 1. The van der Waals surface area contributed by atoms with E-state index in [4.69, 9.17) is 4.74 Å². The predicted octanol–water partition coefficient (Wildman–Crippen LogP) is 1.89. The van der Waals surface area contributed by atoms with Gasteiger partial charge in [0.05, 0.1) is 17.9 Å². The summed E-state index contributed by atoms with van der Waals surface area (Å²) in [6, 6.07) is 0. The highest BCUT2D eigenvalue weighted by atomic mass is 32.1. The standard InChI is InChI=1S/C7H11N3O2S/c1-7(2,3)12-6(11)9-5-4-8-13-10-5/h4H,1-3H3,(H,9,10,11). The largest absolute Gasteiger partial charge is 0.444 e. The Bertz CT molecular complexity index is 278. The quantitative estimate of drug-likeness (QED) is 0.753. The van der Waals surface area contributed by atoms with Crippen molar-refractivity contribution < 1.29 is 9.53 Å². The van der Waals surface area contributed by atoms with Crippen molar-refractivity contribution in [1.29, 1.82) is 0 Å². The topological polar surface area (TPSA) is 64.1 Å². The van der Waals surface area contributed by atoms with Crippen molar-refractivity contribution >= 4 is 23.6 Å². The first kappa shape index (κ1) is 9.91. The Balaban J connectivity index is 2.43. The van der Waals surface area contributed by atoms with E-state index in [0.29, 0.717) is 5.82 Å². The first-order valence-corrected chi connectivity index (χ1v) is 4.48. The SMILES string of the molecule is CC(C)(C)OC(=O)Nc1cnsn1. The van der Waals surface area contributed by atoms with Gasteiger partial charge in [-0.25, -0.2) is 4.79 Å². The van der Waals surface area contributed by atoms with Crippen LogP contribution in [0.3, 0.4) is 0 Å². The molecule has 0 aliphatic carbocycles. The second-order valence-corrected chi connectivity index (χ2v) is 3.98. The molecule has 0 atom stereocenters. The lowest BCUT2D eigenvalue weighted by atomic mass is 10.2. The van der Waals surface area contributed by atoms with Crippen molar-refractivity contribution in [1.82, 2.24) is 8.75 Å². The Morgan fingerprint density at radius 3 is 2.77 bits per heavy atom. The van der Waals surface area contributed by atoms with Crippen LogP contribution in [-0.2, 0) is 4.74 Å². The molecule has 1 amide bonds. The predicted molar refractivity (Wildman–Crippen MR) is 49.8 cm³/mol. The van der Waals surface area contributed by atoms with Gasteiger partial charge in [0, 0.05) is 0 Å². The third-order valence-electron chi connectivity index (χ3n) is 0.990. The van der Waals surface area contributed by atoms with Gasteiger partial charge in [0.25, 0.3) is 0 Å². The number of amides is 1. The second kappa shape index (κ2) is 3.69. The number of carbonyl (C=O) groups is 1. The van der Waals surface area contributed by atoms with E-state index >= 15 is 0 Å². The molecule has 72 valence electrons.